The molecule has 1 aromatic rings. The molecular weight excluding hydrogens is 330 g/mol. The first-order valence-electron chi connectivity index (χ1n) is 9.43. The van der Waals surface area contributed by atoms with E-state index in [9.17, 15) is 9.59 Å². The van der Waals surface area contributed by atoms with Crippen molar-refractivity contribution in [1.29, 1.82) is 0 Å². The van der Waals surface area contributed by atoms with E-state index in [4.69, 9.17) is 4.74 Å². The van der Waals surface area contributed by atoms with Crippen LogP contribution in [-0.4, -0.2) is 37.7 Å². The van der Waals surface area contributed by atoms with Crippen LogP contribution in [0.1, 0.15) is 48.9 Å². The molecule has 3 rings (SSSR count). The molecule has 1 aromatic carbocycles. The molecule has 0 unspecified atom stereocenters. The number of amides is 3. The lowest BCUT2D eigenvalue weighted by Gasteiger charge is -2.14. The maximum Gasteiger partial charge on any atom is 0.319 e. The largest absolute Gasteiger partial charge is 0.376 e. The minimum absolute atomic E-state index is 0.124. The van der Waals surface area contributed by atoms with Gasteiger partial charge in [-0.2, -0.15) is 0 Å². The fraction of sp³-hybridized carbons (Fsp3) is 0.500. The van der Waals surface area contributed by atoms with Crippen molar-refractivity contribution < 1.29 is 14.3 Å². The molecule has 0 saturated carbocycles. The van der Waals surface area contributed by atoms with E-state index < -0.39 is 0 Å². The number of urea groups is 1. The topological polar surface area (TPSA) is 79.5 Å². The van der Waals surface area contributed by atoms with Gasteiger partial charge in [0, 0.05) is 30.9 Å². The lowest BCUT2D eigenvalue weighted by molar-refractivity contribution is 0.0858. The van der Waals surface area contributed by atoms with Gasteiger partial charge in [-0.15, -0.1) is 0 Å². The van der Waals surface area contributed by atoms with Crippen LogP contribution >= 0.6 is 0 Å². The molecule has 1 atom stereocenters. The summed E-state index contributed by atoms with van der Waals surface area (Å²) in [5, 5.41) is 8.56. The van der Waals surface area contributed by atoms with E-state index in [0.717, 1.165) is 32.3 Å². The smallest absolute Gasteiger partial charge is 0.319 e. The van der Waals surface area contributed by atoms with Gasteiger partial charge >= 0.3 is 6.03 Å². The zero-order valence-electron chi connectivity index (χ0n) is 15.1. The summed E-state index contributed by atoms with van der Waals surface area (Å²) in [5.41, 5.74) is 2.53. The van der Waals surface area contributed by atoms with Crippen molar-refractivity contribution in [2.24, 2.45) is 0 Å². The zero-order chi connectivity index (χ0) is 18.2. The van der Waals surface area contributed by atoms with Crippen molar-refractivity contribution >= 4 is 17.6 Å². The second-order valence-electron chi connectivity index (χ2n) is 6.84. The Morgan fingerprint density at radius 1 is 1.08 bits per heavy atom. The third-order valence-corrected chi connectivity index (χ3v) is 4.78. The Bertz CT molecular complexity index is 649. The van der Waals surface area contributed by atoms with Crippen molar-refractivity contribution in [3.63, 3.8) is 0 Å². The SMILES string of the molecule is O=C(NCC1=CCCCC1)Nc1ccc(C(=O)NC[C@@H]2CCCO2)cc1. The summed E-state index contributed by atoms with van der Waals surface area (Å²) in [7, 11) is 0. The lowest BCUT2D eigenvalue weighted by atomic mass is 10.00. The minimum atomic E-state index is -0.230. The van der Waals surface area contributed by atoms with E-state index in [1.807, 2.05) is 0 Å². The zero-order valence-corrected chi connectivity index (χ0v) is 15.1. The summed E-state index contributed by atoms with van der Waals surface area (Å²) in [6, 6.07) is 6.67. The van der Waals surface area contributed by atoms with Crippen LogP contribution in [0, 0.1) is 0 Å². The summed E-state index contributed by atoms with van der Waals surface area (Å²) >= 11 is 0. The summed E-state index contributed by atoms with van der Waals surface area (Å²) in [5.74, 6) is -0.124. The molecule has 0 bridgehead atoms. The molecule has 6 nitrogen and oxygen atoms in total. The molecule has 3 amide bonds. The highest BCUT2D eigenvalue weighted by molar-refractivity contribution is 5.95. The first-order chi connectivity index (χ1) is 12.7. The second kappa shape index (κ2) is 9.38. The highest BCUT2D eigenvalue weighted by atomic mass is 16.5. The number of carbonyl (C=O) groups excluding carboxylic acids is 2. The van der Waals surface area contributed by atoms with E-state index in [1.165, 1.54) is 18.4 Å². The Kier molecular flexibility index (Phi) is 6.66. The van der Waals surface area contributed by atoms with Crippen LogP contribution in [0.25, 0.3) is 0 Å². The van der Waals surface area contributed by atoms with E-state index >= 15 is 0 Å². The fourth-order valence-electron chi connectivity index (χ4n) is 3.25. The molecule has 1 saturated heterocycles. The number of hydrogen-bond donors (Lipinski definition) is 3. The maximum atomic E-state index is 12.1. The van der Waals surface area contributed by atoms with Gasteiger partial charge in [-0.05, 0) is 62.8 Å². The van der Waals surface area contributed by atoms with Crippen LogP contribution < -0.4 is 16.0 Å². The van der Waals surface area contributed by atoms with Gasteiger partial charge in [0.15, 0.2) is 0 Å². The molecule has 0 spiro atoms. The highest BCUT2D eigenvalue weighted by Crippen LogP contribution is 2.16. The third-order valence-electron chi connectivity index (χ3n) is 4.78. The van der Waals surface area contributed by atoms with Crippen molar-refractivity contribution in [2.75, 3.05) is 25.0 Å². The Morgan fingerprint density at radius 3 is 2.62 bits per heavy atom. The van der Waals surface area contributed by atoms with Gasteiger partial charge in [-0.1, -0.05) is 11.6 Å². The summed E-state index contributed by atoms with van der Waals surface area (Å²) in [4.78, 5) is 24.1. The highest BCUT2D eigenvalue weighted by Gasteiger charge is 2.16. The van der Waals surface area contributed by atoms with Crippen LogP contribution in [0.15, 0.2) is 35.9 Å². The van der Waals surface area contributed by atoms with E-state index in [2.05, 4.69) is 22.0 Å². The Morgan fingerprint density at radius 2 is 1.92 bits per heavy atom. The molecule has 0 aromatic heterocycles. The number of rotatable bonds is 6. The van der Waals surface area contributed by atoms with Crippen LogP contribution in [0.2, 0.25) is 0 Å². The van der Waals surface area contributed by atoms with Gasteiger partial charge in [-0.3, -0.25) is 4.79 Å². The van der Waals surface area contributed by atoms with E-state index in [0.29, 0.717) is 24.3 Å². The number of benzene rings is 1. The molecule has 2 aliphatic rings. The summed E-state index contributed by atoms with van der Waals surface area (Å²) in [6.07, 6.45) is 9.01. The van der Waals surface area contributed by atoms with E-state index in [-0.39, 0.29) is 18.0 Å². The maximum absolute atomic E-state index is 12.1. The van der Waals surface area contributed by atoms with Crippen molar-refractivity contribution in [3.05, 3.63) is 41.5 Å². The lowest BCUT2D eigenvalue weighted by Crippen LogP contribution is -2.32. The van der Waals surface area contributed by atoms with Crippen LogP contribution in [0.3, 0.4) is 0 Å². The number of hydrogen-bond acceptors (Lipinski definition) is 3. The average Bonchev–Trinajstić information content (AvgIpc) is 3.19. The normalized spacial score (nSPS) is 19.5. The molecule has 1 fully saturated rings. The Labute approximate surface area is 154 Å². The quantitative estimate of drug-likeness (QED) is 0.684. The first-order valence-corrected chi connectivity index (χ1v) is 9.43. The second-order valence-corrected chi connectivity index (χ2v) is 6.84. The number of anilines is 1. The van der Waals surface area contributed by atoms with Gasteiger partial charge in [0.1, 0.15) is 0 Å². The van der Waals surface area contributed by atoms with Crippen LogP contribution in [0.4, 0.5) is 10.5 Å². The molecule has 3 N–H and O–H groups in total. The first kappa shape index (κ1) is 18.5. The predicted molar refractivity (Wildman–Crippen MR) is 101 cm³/mol. The molecule has 1 heterocycles. The van der Waals surface area contributed by atoms with Gasteiger partial charge in [0.2, 0.25) is 0 Å². The van der Waals surface area contributed by atoms with E-state index in [1.54, 1.807) is 24.3 Å². The Balaban J connectivity index is 1.42. The van der Waals surface area contributed by atoms with Gasteiger partial charge in [0.05, 0.1) is 6.10 Å². The van der Waals surface area contributed by atoms with Gasteiger partial charge < -0.3 is 20.7 Å². The fourth-order valence-corrected chi connectivity index (χ4v) is 3.25. The molecule has 140 valence electrons. The number of ether oxygens (including phenoxy) is 1. The third kappa shape index (κ3) is 5.59. The molecule has 0 radical (unpaired) electrons. The molecular formula is C20H27N3O3. The number of nitrogens with one attached hydrogen (secondary N) is 3. The molecule has 1 aliphatic carbocycles. The summed E-state index contributed by atoms with van der Waals surface area (Å²) in [6.45, 7) is 1.91. The van der Waals surface area contributed by atoms with Crippen LogP contribution in [-0.2, 0) is 4.74 Å². The molecule has 26 heavy (non-hydrogen) atoms. The van der Waals surface area contributed by atoms with Crippen molar-refractivity contribution in [3.8, 4) is 0 Å². The number of carbonyl (C=O) groups is 2. The standard InChI is InChI=1S/C20H27N3O3/c24-19(21-14-18-7-4-12-26-18)16-8-10-17(11-9-16)23-20(25)22-13-15-5-2-1-3-6-15/h5,8-11,18H,1-4,6-7,12-14H2,(H,21,24)(H2,22,23,25)/t18-/m0/s1. The van der Waals surface area contributed by atoms with Gasteiger partial charge in [-0.25, -0.2) is 4.79 Å². The summed E-state index contributed by atoms with van der Waals surface area (Å²) < 4.78 is 5.50. The number of allylic oxidation sites excluding steroid dienone is 1. The van der Waals surface area contributed by atoms with Crippen molar-refractivity contribution in [1.82, 2.24) is 10.6 Å². The monoisotopic (exact) mass is 357 g/mol. The van der Waals surface area contributed by atoms with Gasteiger partial charge in [0.25, 0.3) is 5.91 Å². The predicted octanol–water partition coefficient (Wildman–Crippen LogP) is 3.22. The minimum Gasteiger partial charge on any atom is -0.376 e. The van der Waals surface area contributed by atoms with Crippen molar-refractivity contribution in [2.45, 2.75) is 44.6 Å². The Hall–Kier alpha value is -2.34. The molecule has 1 aliphatic heterocycles. The molecule has 6 heteroatoms. The average molecular weight is 357 g/mol. The van der Waals surface area contributed by atoms with Crippen LogP contribution in [0.5, 0.6) is 0 Å².